The third-order valence-corrected chi connectivity index (χ3v) is 2.86. The van der Waals surface area contributed by atoms with Gasteiger partial charge < -0.3 is 10.7 Å². The molecule has 0 saturated carbocycles. The number of nitrogens with zero attached hydrogens (tertiary/aromatic N) is 1. The Labute approximate surface area is 92.5 Å². The molecule has 2 heterocycles. The number of hydrogen-bond acceptors (Lipinski definition) is 2. The molecule has 3 aromatic rings. The number of hydrogen-bond donors (Lipinski definition) is 3. The Morgan fingerprint density at radius 2 is 2.19 bits per heavy atom. The molecule has 3 rings (SSSR count). The van der Waals surface area contributed by atoms with E-state index in [1.807, 2.05) is 12.3 Å². The summed E-state index contributed by atoms with van der Waals surface area (Å²) >= 11 is 0. The number of nitrogens with one attached hydrogen (secondary N) is 2. The standard InChI is InChI=1S/C12H12N4/c1-7-3-2-4-8-9(5-14-11(7)8)12-10(13)6-15-16-12/h2-6,14H,13H2,1H3,(H,15,16). The Bertz CT molecular complexity index is 648. The normalized spacial score (nSPS) is 11.1. The maximum atomic E-state index is 5.85. The van der Waals surface area contributed by atoms with Crippen LogP contribution in [0.25, 0.3) is 22.2 Å². The van der Waals surface area contributed by atoms with Gasteiger partial charge in [-0.1, -0.05) is 18.2 Å². The first kappa shape index (κ1) is 9.03. The van der Waals surface area contributed by atoms with Crippen LogP contribution in [-0.4, -0.2) is 15.2 Å². The molecule has 1 aromatic carbocycles. The highest BCUT2D eigenvalue weighted by Crippen LogP contribution is 2.31. The van der Waals surface area contributed by atoms with Crippen molar-refractivity contribution in [3.05, 3.63) is 36.2 Å². The summed E-state index contributed by atoms with van der Waals surface area (Å²) in [5.41, 5.74) is 10.8. The molecule has 0 spiro atoms. The van der Waals surface area contributed by atoms with Crippen LogP contribution < -0.4 is 5.73 Å². The average Bonchev–Trinajstić information content (AvgIpc) is 2.84. The monoisotopic (exact) mass is 212 g/mol. The lowest BCUT2D eigenvalue weighted by atomic mass is 10.1. The van der Waals surface area contributed by atoms with Crippen molar-refractivity contribution in [2.24, 2.45) is 0 Å². The van der Waals surface area contributed by atoms with Crippen LogP contribution in [0, 0.1) is 6.92 Å². The maximum absolute atomic E-state index is 5.85. The molecule has 0 unspecified atom stereocenters. The minimum Gasteiger partial charge on any atom is -0.396 e. The molecular formula is C12H12N4. The largest absolute Gasteiger partial charge is 0.396 e. The van der Waals surface area contributed by atoms with Crippen LogP contribution in [0.1, 0.15) is 5.56 Å². The zero-order chi connectivity index (χ0) is 11.1. The molecule has 2 aromatic heterocycles. The van der Waals surface area contributed by atoms with Crippen LogP contribution in [0.4, 0.5) is 5.69 Å². The van der Waals surface area contributed by atoms with Crippen molar-refractivity contribution >= 4 is 16.6 Å². The van der Waals surface area contributed by atoms with Gasteiger partial charge in [-0.15, -0.1) is 0 Å². The summed E-state index contributed by atoms with van der Waals surface area (Å²) in [4.78, 5) is 3.27. The van der Waals surface area contributed by atoms with E-state index in [2.05, 4.69) is 34.2 Å². The van der Waals surface area contributed by atoms with Crippen LogP contribution in [-0.2, 0) is 0 Å². The second kappa shape index (κ2) is 3.13. The van der Waals surface area contributed by atoms with E-state index in [4.69, 9.17) is 5.73 Å². The lowest BCUT2D eigenvalue weighted by molar-refractivity contribution is 1.10. The van der Waals surface area contributed by atoms with Crippen molar-refractivity contribution in [1.29, 1.82) is 0 Å². The highest BCUT2D eigenvalue weighted by atomic mass is 15.1. The van der Waals surface area contributed by atoms with Gasteiger partial charge in [0, 0.05) is 22.7 Å². The highest BCUT2D eigenvalue weighted by Gasteiger charge is 2.10. The summed E-state index contributed by atoms with van der Waals surface area (Å²) in [6.07, 6.45) is 3.59. The Morgan fingerprint density at radius 3 is 2.94 bits per heavy atom. The number of nitrogen functional groups attached to an aromatic ring is 1. The molecule has 0 amide bonds. The first-order valence-electron chi connectivity index (χ1n) is 5.13. The zero-order valence-electron chi connectivity index (χ0n) is 8.91. The van der Waals surface area contributed by atoms with E-state index in [0.717, 1.165) is 22.2 Å². The van der Waals surface area contributed by atoms with E-state index in [9.17, 15) is 0 Å². The number of rotatable bonds is 1. The van der Waals surface area contributed by atoms with Gasteiger partial charge in [0.25, 0.3) is 0 Å². The quantitative estimate of drug-likeness (QED) is 0.579. The summed E-state index contributed by atoms with van der Waals surface area (Å²) in [7, 11) is 0. The Morgan fingerprint density at radius 1 is 1.31 bits per heavy atom. The van der Waals surface area contributed by atoms with Crippen LogP contribution >= 0.6 is 0 Å². The highest BCUT2D eigenvalue weighted by molar-refractivity contribution is 5.98. The molecule has 16 heavy (non-hydrogen) atoms. The van der Waals surface area contributed by atoms with Crippen molar-refractivity contribution in [2.45, 2.75) is 6.92 Å². The Hall–Kier alpha value is -2.23. The summed E-state index contributed by atoms with van der Waals surface area (Å²) in [5, 5.41) is 8.03. The fourth-order valence-electron chi connectivity index (χ4n) is 2.02. The number of aromatic amines is 2. The topological polar surface area (TPSA) is 70.5 Å². The minimum absolute atomic E-state index is 0.669. The smallest absolute Gasteiger partial charge is 0.0901 e. The summed E-state index contributed by atoms with van der Waals surface area (Å²) in [6.45, 7) is 2.08. The van der Waals surface area contributed by atoms with Crippen molar-refractivity contribution in [2.75, 3.05) is 5.73 Å². The second-order valence-electron chi connectivity index (χ2n) is 3.90. The van der Waals surface area contributed by atoms with Gasteiger partial charge in [0.05, 0.1) is 17.6 Å². The number of nitrogens with two attached hydrogens (primary N) is 1. The van der Waals surface area contributed by atoms with E-state index < -0.39 is 0 Å². The van der Waals surface area contributed by atoms with E-state index >= 15 is 0 Å². The molecular weight excluding hydrogens is 200 g/mol. The van der Waals surface area contributed by atoms with Gasteiger partial charge in [0.2, 0.25) is 0 Å². The third kappa shape index (κ3) is 1.13. The number of anilines is 1. The lowest BCUT2D eigenvalue weighted by Crippen LogP contribution is -1.85. The van der Waals surface area contributed by atoms with Crippen molar-refractivity contribution in [3.63, 3.8) is 0 Å². The van der Waals surface area contributed by atoms with Crippen molar-refractivity contribution in [1.82, 2.24) is 15.2 Å². The summed E-state index contributed by atoms with van der Waals surface area (Å²) in [6, 6.07) is 6.20. The molecule has 0 atom stereocenters. The first-order chi connectivity index (χ1) is 7.77. The van der Waals surface area contributed by atoms with Gasteiger partial charge in [0.15, 0.2) is 0 Å². The first-order valence-corrected chi connectivity index (χ1v) is 5.13. The van der Waals surface area contributed by atoms with Crippen LogP contribution in [0.3, 0.4) is 0 Å². The van der Waals surface area contributed by atoms with E-state index in [1.165, 1.54) is 5.56 Å². The van der Waals surface area contributed by atoms with Gasteiger partial charge in [0.1, 0.15) is 0 Å². The number of para-hydroxylation sites is 1. The lowest BCUT2D eigenvalue weighted by Gasteiger charge is -1.98. The molecule has 0 bridgehead atoms. The van der Waals surface area contributed by atoms with Crippen LogP contribution in [0.15, 0.2) is 30.6 Å². The van der Waals surface area contributed by atoms with Gasteiger partial charge in [-0.05, 0) is 12.5 Å². The van der Waals surface area contributed by atoms with E-state index in [0.29, 0.717) is 5.69 Å². The number of aryl methyl sites for hydroxylation is 1. The van der Waals surface area contributed by atoms with E-state index in [1.54, 1.807) is 6.20 Å². The minimum atomic E-state index is 0.669. The van der Waals surface area contributed by atoms with E-state index in [-0.39, 0.29) is 0 Å². The fraction of sp³-hybridized carbons (Fsp3) is 0.0833. The maximum Gasteiger partial charge on any atom is 0.0901 e. The molecule has 4 nitrogen and oxygen atoms in total. The van der Waals surface area contributed by atoms with Gasteiger partial charge >= 0.3 is 0 Å². The number of H-pyrrole nitrogens is 2. The molecule has 80 valence electrons. The van der Waals surface area contributed by atoms with Crippen LogP contribution in [0.5, 0.6) is 0 Å². The number of aromatic nitrogens is 3. The molecule has 4 N–H and O–H groups in total. The number of benzene rings is 1. The molecule has 4 heteroatoms. The predicted molar refractivity (Wildman–Crippen MR) is 65.0 cm³/mol. The molecule has 0 saturated heterocycles. The summed E-state index contributed by atoms with van der Waals surface area (Å²) < 4.78 is 0. The molecule has 0 radical (unpaired) electrons. The van der Waals surface area contributed by atoms with Crippen LogP contribution in [0.2, 0.25) is 0 Å². The van der Waals surface area contributed by atoms with Crippen molar-refractivity contribution in [3.8, 4) is 11.3 Å². The molecule has 0 aliphatic carbocycles. The molecule has 0 aliphatic heterocycles. The molecule has 0 aliphatic rings. The zero-order valence-corrected chi connectivity index (χ0v) is 8.91. The third-order valence-electron chi connectivity index (χ3n) is 2.86. The van der Waals surface area contributed by atoms with Crippen molar-refractivity contribution < 1.29 is 0 Å². The van der Waals surface area contributed by atoms with Gasteiger partial charge in [-0.3, -0.25) is 5.10 Å². The predicted octanol–water partition coefficient (Wildman–Crippen LogP) is 2.45. The Balaban J connectivity index is 2.34. The average molecular weight is 212 g/mol. The SMILES string of the molecule is Cc1cccc2c(-c3[nH]ncc3N)c[nH]c12. The molecule has 0 fully saturated rings. The number of fused-ring (bicyclic) bond motifs is 1. The van der Waals surface area contributed by atoms with Gasteiger partial charge in [-0.2, -0.15) is 5.10 Å². The fourth-order valence-corrected chi connectivity index (χ4v) is 2.02. The van der Waals surface area contributed by atoms with Gasteiger partial charge in [-0.25, -0.2) is 0 Å². The Kier molecular flexibility index (Phi) is 1.77. The summed E-state index contributed by atoms with van der Waals surface area (Å²) in [5.74, 6) is 0. The second-order valence-corrected chi connectivity index (χ2v) is 3.90.